The lowest BCUT2D eigenvalue weighted by molar-refractivity contribution is -0.398. The molecule has 2 aromatic carbocycles. The Morgan fingerprint density at radius 1 is 1.38 bits per heavy atom. The van der Waals surface area contributed by atoms with E-state index in [1.807, 2.05) is 0 Å². The molecule has 2 aromatic rings. The molecule has 0 bridgehead atoms. The van der Waals surface area contributed by atoms with Gasteiger partial charge in [-0.1, -0.05) is 12.1 Å². The summed E-state index contributed by atoms with van der Waals surface area (Å²) >= 11 is 5.04. The summed E-state index contributed by atoms with van der Waals surface area (Å²) in [6.45, 7) is 0.367. The number of hydrogen-bond acceptors (Lipinski definition) is 6. The molecule has 26 heavy (non-hydrogen) atoms. The van der Waals surface area contributed by atoms with Crippen LogP contribution in [0, 0.1) is 15.9 Å². The van der Waals surface area contributed by atoms with Gasteiger partial charge in [0.2, 0.25) is 0 Å². The average molecular weight is 377 g/mol. The zero-order valence-electron chi connectivity index (χ0n) is 13.6. The molecule has 0 aromatic heterocycles. The van der Waals surface area contributed by atoms with Crippen molar-refractivity contribution in [3.63, 3.8) is 0 Å². The fraction of sp³-hybridized carbons (Fsp3) is 0.125. The Morgan fingerprint density at radius 2 is 2.08 bits per heavy atom. The molecule has 0 amide bonds. The van der Waals surface area contributed by atoms with Crippen molar-refractivity contribution < 1.29 is 19.2 Å². The highest BCUT2D eigenvalue weighted by Crippen LogP contribution is 2.33. The minimum absolute atomic E-state index is 0.155. The van der Waals surface area contributed by atoms with Gasteiger partial charge in [-0.05, 0) is 36.0 Å². The predicted octanol–water partition coefficient (Wildman–Crippen LogP) is 1.81. The summed E-state index contributed by atoms with van der Waals surface area (Å²) in [5.41, 5.74) is 3.05. The van der Waals surface area contributed by atoms with Gasteiger partial charge in [0.05, 0.1) is 18.2 Å². The molecule has 0 aliphatic heterocycles. The third kappa shape index (κ3) is 5.11. The van der Waals surface area contributed by atoms with Crippen LogP contribution < -0.4 is 20.6 Å². The van der Waals surface area contributed by atoms with Crippen molar-refractivity contribution in [2.75, 3.05) is 7.11 Å². The molecule has 10 heteroatoms. The minimum atomic E-state index is -0.806. The molecule has 0 fully saturated rings. The van der Waals surface area contributed by atoms with Gasteiger partial charge >= 0.3 is 0 Å². The van der Waals surface area contributed by atoms with E-state index in [0.29, 0.717) is 12.1 Å². The number of benzene rings is 2. The van der Waals surface area contributed by atoms with E-state index in [-0.39, 0.29) is 16.7 Å². The molecule has 0 saturated heterocycles. The molecular weight excluding hydrogens is 363 g/mol. The van der Waals surface area contributed by atoms with Crippen molar-refractivity contribution in [2.24, 2.45) is 5.10 Å². The molecule has 0 atom stereocenters. The first kappa shape index (κ1) is 19.1. The highest BCUT2D eigenvalue weighted by molar-refractivity contribution is 7.80. The fourth-order valence-corrected chi connectivity index (χ4v) is 2.08. The summed E-state index contributed by atoms with van der Waals surface area (Å²) < 4.78 is 17.7. The third-order valence-electron chi connectivity index (χ3n) is 3.22. The Hall–Kier alpha value is -3.27. The fourth-order valence-electron chi connectivity index (χ4n) is 1.96. The van der Waals surface area contributed by atoms with E-state index in [2.05, 4.69) is 15.8 Å². The highest BCUT2D eigenvalue weighted by Gasteiger charge is 2.12. The van der Waals surface area contributed by atoms with Gasteiger partial charge in [0.15, 0.2) is 5.11 Å². The van der Waals surface area contributed by atoms with E-state index in [1.54, 1.807) is 12.1 Å². The number of nitro groups is 1. The molecule has 2 N–H and O–H groups in total. The van der Waals surface area contributed by atoms with Gasteiger partial charge in [-0.3, -0.25) is 15.5 Å². The molecular formula is C16H14FN4O4S-. The molecule has 0 aliphatic rings. The van der Waals surface area contributed by atoms with Crippen molar-refractivity contribution in [3.8, 4) is 11.5 Å². The number of rotatable bonds is 6. The molecule has 136 valence electrons. The lowest BCUT2D eigenvalue weighted by atomic mass is 10.2. The summed E-state index contributed by atoms with van der Waals surface area (Å²) in [5.74, 6) is -1.29. The van der Waals surface area contributed by atoms with Crippen LogP contribution in [0.15, 0.2) is 41.5 Å². The first-order chi connectivity index (χ1) is 12.4. The van der Waals surface area contributed by atoms with Gasteiger partial charge in [-0.15, -0.1) is 0 Å². The molecule has 0 aliphatic carbocycles. The molecule has 0 radical (unpaired) electrons. The molecule has 0 heterocycles. The standard InChI is InChI=1S/C16H15FN4O4S/c1-25-14-7-11(6-13(15(14)22)21(23)24)9-19-20-16(26)18-8-10-2-4-12(17)5-3-10/h2-7,9,22H,8H2,1H3,(H2,18,20,26)/p-1/b19-9-. The van der Waals surface area contributed by atoms with Crippen molar-refractivity contribution in [1.82, 2.24) is 10.7 Å². The maximum Gasteiger partial charge on any atom is 0.266 e. The normalized spacial score (nSPS) is 10.5. The van der Waals surface area contributed by atoms with Crippen LogP contribution in [0.4, 0.5) is 10.1 Å². The smallest absolute Gasteiger partial charge is 0.266 e. The van der Waals surface area contributed by atoms with E-state index in [1.165, 1.54) is 31.5 Å². The number of nitrogens with one attached hydrogen (secondary N) is 2. The maximum absolute atomic E-state index is 12.8. The Labute approximate surface area is 153 Å². The lowest BCUT2D eigenvalue weighted by Gasteiger charge is -2.13. The van der Waals surface area contributed by atoms with Crippen molar-refractivity contribution in [3.05, 3.63) is 63.5 Å². The van der Waals surface area contributed by atoms with Crippen LogP contribution in [-0.2, 0) is 6.54 Å². The van der Waals surface area contributed by atoms with Crippen molar-refractivity contribution in [1.29, 1.82) is 0 Å². The summed E-state index contributed by atoms with van der Waals surface area (Å²) in [7, 11) is 1.24. The Morgan fingerprint density at radius 3 is 2.69 bits per heavy atom. The zero-order valence-corrected chi connectivity index (χ0v) is 14.4. The minimum Gasteiger partial charge on any atom is -0.865 e. The number of methoxy groups -OCH3 is 1. The number of hydrazone groups is 1. The predicted molar refractivity (Wildman–Crippen MR) is 95.7 cm³/mol. The molecule has 8 nitrogen and oxygen atoms in total. The van der Waals surface area contributed by atoms with E-state index in [9.17, 15) is 19.6 Å². The highest BCUT2D eigenvalue weighted by atomic mass is 32.1. The number of ether oxygens (including phenoxy) is 1. The van der Waals surface area contributed by atoms with E-state index < -0.39 is 16.4 Å². The van der Waals surface area contributed by atoms with Gasteiger partial charge < -0.3 is 15.2 Å². The molecule has 0 unspecified atom stereocenters. The number of thiocarbonyl (C=S) groups is 1. The van der Waals surface area contributed by atoms with Gasteiger partial charge in [0, 0.05) is 23.9 Å². The number of halogens is 1. The first-order valence-electron chi connectivity index (χ1n) is 7.25. The maximum atomic E-state index is 12.8. The lowest BCUT2D eigenvalue weighted by Crippen LogP contribution is -2.31. The molecule has 0 saturated carbocycles. The monoisotopic (exact) mass is 377 g/mol. The van der Waals surface area contributed by atoms with Crippen LogP contribution >= 0.6 is 12.2 Å². The SMILES string of the molecule is COc1cc(/C=N\NC(=S)NCc2ccc(F)cc2)cc([N+](=O)[O-])c1[O-]. The number of hydrogen-bond donors (Lipinski definition) is 2. The van der Waals surface area contributed by atoms with Crippen LogP contribution in [0.3, 0.4) is 0 Å². The van der Waals surface area contributed by atoms with Crippen molar-refractivity contribution in [2.45, 2.75) is 6.54 Å². The number of nitrogens with zero attached hydrogens (tertiary/aromatic N) is 2. The zero-order chi connectivity index (χ0) is 19.1. The quantitative estimate of drug-likeness (QED) is 0.342. The van der Waals surface area contributed by atoms with Gasteiger partial charge in [-0.25, -0.2) is 4.39 Å². The Kier molecular flexibility index (Phi) is 6.39. The van der Waals surface area contributed by atoms with E-state index in [0.717, 1.165) is 11.6 Å². The van der Waals surface area contributed by atoms with Gasteiger partial charge in [0.25, 0.3) is 5.69 Å². The summed E-state index contributed by atoms with van der Waals surface area (Å²) in [4.78, 5) is 10.1. The second kappa shape index (κ2) is 8.72. The van der Waals surface area contributed by atoms with Crippen LogP contribution in [0.1, 0.15) is 11.1 Å². The van der Waals surface area contributed by atoms with Gasteiger partial charge in [0.1, 0.15) is 11.6 Å². The number of nitro benzene ring substituents is 1. The summed E-state index contributed by atoms with van der Waals surface area (Å²) in [6.07, 6.45) is 1.26. The third-order valence-corrected chi connectivity index (χ3v) is 3.46. The first-order valence-corrected chi connectivity index (χ1v) is 7.66. The van der Waals surface area contributed by atoms with Gasteiger partial charge in [-0.2, -0.15) is 5.10 Å². The Bertz CT molecular complexity index is 843. The Balaban J connectivity index is 1.96. The van der Waals surface area contributed by atoms with E-state index >= 15 is 0 Å². The van der Waals surface area contributed by atoms with Crippen LogP contribution in [-0.4, -0.2) is 23.4 Å². The summed E-state index contributed by atoms with van der Waals surface area (Å²) in [5, 5.41) is 29.6. The van der Waals surface area contributed by atoms with Crippen molar-refractivity contribution >= 4 is 29.2 Å². The van der Waals surface area contributed by atoms with E-state index in [4.69, 9.17) is 17.0 Å². The molecule has 2 rings (SSSR count). The van der Waals surface area contributed by atoms with Crippen LogP contribution in [0.5, 0.6) is 11.5 Å². The average Bonchev–Trinajstić information content (AvgIpc) is 2.62. The van der Waals surface area contributed by atoms with Crippen LogP contribution in [0.25, 0.3) is 0 Å². The topological polar surface area (TPSA) is 112 Å². The summed E-state index contributed by atoms with van der Waals surface area (Å²) in [6, 6.07) is 8.33. The second-order valence-corrected chi connectivity index (χ2v) is 5.42. The van der Waals surface area contributed by atoms with Crippen LogP contribution in [0.2, 0.25) is 0 Å². The second-order valence-electron chi connectivity index (χ2n) is 5.01. The largest absolute Gasteiger partial charge is 0.865 e. The molecule has 0 spiro atoms.